The molecule has 0 aromatic carbocycles. The minimum Gasteiger partial charge on any atom is -0.423 e. The molecule has 0 saturated carbocycles. The Morgan fingerprint density at radius 3 is 1.86 bits per heavy atom. The van der Waals surface area contributed by atoms with E-state index in [4.69, 9.17) is 4.74 Å². The molecule has 2 heteroatoms. The van der Waals surface area contributed by atoms with Crippen molar-refractivity contribution in [3.05, 3.63) is 35.6 Å². The summed E-state index contributed by atoms with van der Waals surface area (Å²) >= 11 is 0. The highest BCUT2D eigenvalue weighted by Gasteiger charge is 2.18. The van der Waals surface area contributed by atoms with Crippen molar-refractivity contribution < 1.29 is 9.53 Å². The van der Waals surface area contributed by atoms with Gasteiger partial charge in [-0.25, -0.2) is 4.79 Å². The van der Waals surface area contributed by atoms with Crippen LogP contribution in [0.3, 0.4) is 0 Å². The van der Waals surface area contributed by atoms with Gasteiger partial charge in [0.15, 0.2) is 0 Å². The second-order valence-electron chi connectivity index (χ2n) is 4.02. The molecule has 0 heterocycles. The molecule has 2 nitrogen and oxygen atoms in total. The first kappa shape index (κ1) is 24.7. The van der Waals surface area contributed by atoms with Crippen LogP contribution in [-0.4, -0.2) is 5.97 Å². The predicted molar refractivity (Wildman–Crippen MR) is 95.1 cm³/mol. The van der Waals surface area contributed by atoms with Crippen LogP contribution in [0.15, 0.2) is 35.6 Å². The molecule has 0 radical (unpaired) electrons. The van der Waals surface area contributed by atoms with Gasteiger partial charge in [0.25, 0.3) is 0 Å². The van der Waals surface area contributed by atoms with Crippen molar-refractivity contribution in [1.29, 1.82) is 0 Å². The highest BCUT2D eigenvalue weighted by Crippen LogP contribution is 2.27. The monoisotopic (exact) mass is 296 g/mol. The van der Waals surface area contributed by atoms with Gasteiger partial charge < -0.3 is 4.74 Å². The van der Waals surface area contributed by atoms with E-state index in [1.165, 1.54) is 6.08 Å². The summed E-state index contributed by atoms with van der Waals surface area (Å²) in [6, 6.07) is 0. The molecule has 0 aliphatic heterocycles. The molecule has 0 aromatic rings. The van der Waals surface area contributed by atoms with Gasteiger partial charge in [0.05, 0.1) is 0 Å². The number of esters is 1. The molecular weight excluding hydrogens is 260 g/mol. The van der Waals surface area contributed by atoms with Gasteiger partial charge in [0.2, 0.25) is 0 Å². The average Bonchev–Trinajstić information content (AvgIpc) is 2.51. The molecule has 0 aromatic heterocycles. The first-order valence-corrected chi connectivity index (χ1v) is 8.29. The number of rotatable bonds is 2. The highest BCUT2D eigenvalue weighted by atomic mass is 16.5. The number of allylic oxidation sites excluding steroid dienone is 4. The normalized spacial score (nSPS) is 19.5. The van der Waals surface area contributed by atoms with E-state index >= 15 is 0 Å². The van der Waals surface area contributed by atoms with Gasteiger partial charge in [0.1, 0.15) is 5.76 Å². The standard InChI is InChI=1S/C13H18O2.3C2H6/c1-5-6-13(14)15-12-8-10(3)9(2)7-11(12)4;3*1-2/h5-10H,1-4H3;3*1-2H3/b6-5-;;;/t9-,10?;;;/m1.../s1. The van der Waals surface area contributed by atoms with Crippen molar-refractivity contribution in [2.75, 3.05) is 0 Å². The summed E-state index contributed by atoms with van der Waals surface area (Å²) in [5, 5.41) is 0. The third-order valence-electron chi connectivity index (χ3n) is 2.66. The molecule has 1 unspecified atom stereocenters. The lowest BCUT2D eigenvalue weighted by molar-refractivity contribution is -0.133. The molecular formula is C19H36O2. The lowest BCUT2D eigenvalue weighted by Crippen LogP contribution is -2.13. The Labute approximate surface area is 133 Å². The van der Waals surface area contributed by atoms with Gasteiger partial charge in [-0.1, -0.05) is 67.5 Å². The van der Waals surface area contributed by atoms with Crippen molar-refractivity contribution >= 4 is 5.97 Å². The molecule has 0 bridgehead atoms. The van der Waals surface area contributed by atoms with Crippen LogP contribution in [-0.2, 0) is 9.53 Å². The molecule has 124 valence electrons. The van der Waals surface area contributed by atoms with Gasteiger partial charge in [-0.2, -0.15) is 0 Å². The topological polar surface area (TPSA) is 26.3 Å². The van der Waals surface area contributed by atoms with Gasteiger partial charge in [-0.15, -0.1) is 0 Å². The molecule has 1 aliphatic carbocycles. The van der Waals surface area contributed by atoms with Gasteiger partial charge in [-0.05, 0) is 37.3 Å². The molecule has 0 fully saturated rings. The Balaban J connectivity index is -0.000000478. The Morgan fingerprint density at radius 1 is 1.00 bits per heavy atom. The molecule has 0 amide bonds. The summed E-state index contributed by atoms with van der Waals surface area (Å²) < 4.78 is 5.23. The largest absolute Gasteiger partial charge is 0.423 e. The van der Waals surface area contributed by atoms with Gasteiger partial charge in [0, 0.05) is 6.08 Å². The van der Waals surface area contributed by atoms with Crippen LogP contribution >= 0.6 is 0 Å². The second-order valence-corrected chi connectivity index (χ2v) is 4.02. The summed E-state index contributed by atoms with van der Waals surface area (Å²) in [6.45, 7) is 20.0. The molecule has 2 atom stereocenters. The highest BCUT2D eigenvalue weighted by molar-refractivity contribution is 5.83. The second kappa shape index (κ2) is 16.7. The van der Waals surface area contributed by atoms with Crippen LogP contribution in [0.25, 0.3) is 0 Å². The third kappa shape index (κ3) is 11.1. The first-order chi connectivity index (χ1) is 10.0. The molecule has 1 aliphatic rings. The van der Waals surface area contributed by atoms with E-state index in [1.54, 1.807) is 13.0 Å². The van der Waals surface area contributed by atoms with E-state index in [1.807, 2.05) is 54.5 Å². The summed E-state index contributed by atoms with van der Waals surface area (Å²) in [5.74, 6) is 1.32. The predicted octanol–water partition coefficient (Wildman–Crippen LogP) is 6.30. The quantitative estimate of drug-likeness (QED) is 0.441. The smallest absolute Gasteiger partial charge is 0.335 e. The zero-order valence-corrected chi connectivity index (χ0v) is 15.8. The van der Waals surface area contributed by atoms with Gasteiger partial charge >= 0.3 is 5.97 Å². The maximum Gasteiger partial charge on any atom is 0.335 e. The minimum absolute atomic E-state index is 0.307. The average molecular weight is 296 g/mol. The Morgan fingerprint density at radius 2 is 1.43 bits per heavy atom. The molecule has 0 saturated heterocycles. The van der Waals surface area contributed by atoms with E-state index in [-0.39, 0.29) is 5.97 Å². The van der Waals surface area contributed by atoms with E-state index in [0.717, 1.165) is 5.57 Å². The lowest BCUT2D eigenvalue weighted by atomic mass is 9.88. The van der Waals surface area contributed by atoms with Crippen molar-refractivity contribution in [2.24, 2.45) is 11.8 Å². The van der Waals surface area contributed by atoms with Crippen LogP contribution in [0, 0.1) is 11.8 Å². The minimum atomic E-state index is -0.307. The van der Waals surface area contributed by atoms with Crippen LogP contribution < -0.4 is 0 Å². The van der Waals surface area contributed by atoms with Crippen molar-refractivity contribution in [3.63, 3.8) is 0 Å². The Bertz CT molecular complexity index is 335. The van der Waals surface area contributed by atoms with Crippen molar-refractivity contribution in [3.8, 4) is 0 Å². The van der Waals surface area contributed by atoms with E-state index < -0.39 is 0 Å². The number of hydrogen-bond acceptors (Lipinski definition) is 2. The summed E-state index contributed by atoms with van der Waals surface area (Å²) in [4.78, 5) is 11.3. The number of carbonyl (C=O) groups is 1. The summed E-state index contributed by atoms with van der Waals surface area (Å²) in [5.41, 5.74) is 1.04. The third-order valence-corrected chi connectivity index (χ3v) is 2.66. The zero-order chi connectivity index (χ0) is 17.4. The molecule has 21 heavy (non-hydrogen) atoms. The SMILES string of the molecule is C/C=C\C(=O)OC1=CC(C)[C@H](C)C=C1C.CC.CC.CC. The maximum absolute atomic E-state index is 11.3. The van der Waals surface area contributed by atoms with E-state index in [2.05, 4.69) is 19.9 Å². The maximum atomic E-state index is 11.3. The zero-order valence-electron chi connectivity index (χ0n) is 15.8. The first-order valence-electron chi connectivity index (χ1n) is 8.29. The van der Waals surface area contributed by atoms with Crippen LogP contribution in [0.2, 0.25) is 0 Å². The lowest BCUT2D eigenvalue weighted by Gasteiger charge is -2.21. The fourth-order valence-corrected chi connectivity index (χ4v) is 1.54. The molecule has 0 N–H and O–H groups in total. The van der Waals surface area contributed by atoms with Crippen LogP contribution in [0.5, 0.6) is 0 Å². The van der Waals surface area contributed by atoms with Crippen LogP contribution in [0.1, 0.15) is 69.2 Å². The van der Waals surface area contributed by atoms with Gasteiger partial charge in [-0.3, -0.25) is 0 Å². The summed E-state index contributed by atoms with van der Waals surface area (Å²) in [7, 11) is 0. The number of hydrogen-bond donors (Lipinski definition) is 0. The molecule has 0 spiro atoms. The van der Waals surface area contributed by atoms with E-state index in [9.17, 15) is 4.79 Å². The Kier molecular flexibility index (Phi) is 19.7. The number of ether oxygens (including phenoxy) is 1. The fourth-order valence-electron chi connectivity index (χ4n) is 1.54. The van der Waals surface area contributed by atoms with Crippen molar-refractivity contribution in [2.45, 2.75) is 69.2 Å². The van der Waals surface area contributed by atoms with E-state index in [0.29, 0.717) is 17.6 Å². The summed E-state index contributed by atoms with van der Waals surface area (Å²) in [6.07, 6.45) is 7.26. The number of carbonyl (C=O) groups excluding carboxylic acids is 1. The van der Waals surface area contributed by atoms with Crippen LogP contribution in [0.4, 0.5) is 0 Å². The molecule has 1 rings (SSSR count). The fraction of sp³-hybridized carbons (Fsp3) is 0.632. The Hall–Kier alpha value is -1.31. The van der Waals surface area contributed by atoms with Crippen molar-refractivity contribution in [1.82, 2.24) is 0 Å².